The standard InChI is InChI=1S/C22H36N2OSi/c1-16(2)26(17(3)4,18(5)6)25-22-12-9-11-21-20(22)15-24-13-8-7-10-19(24)14-23-21/h9,11-12,15-19H,7-8,10,13-14H2,1-6H3. The lowest BCUT2D eigenvalue weighted by Crippen LogP contribution is -2.52. The molecule has 26 heavy (non-hydrogen) atoms. The van der Waals surface area contributed by atoms with Crippen molar-refractivity contribution < 1.29 is 4.43 Å². The average Bonchev–Trinajstić information content (AvgIpc) is 2.78. The van der Waals surface area contributed by atoms with Gasteiger partial charge in [0.15, 0.2) is 0 Å². The van der Waals surface area contributed by atoms with Gasteiger partial charge < -0.3 is 9.33 Å². The van der Waals surface area contributed by atoms with Crippen molar-refractivity contribution in [3.05, 3.63) is 28.8 Å². The summed E-state index contributed by atoms with van der Waals surface area (Å²) in [7, 11) is -1.97. The van der Waals surface area contributed by atoms with Crippen molar-refractivity contribution in [3.63, 3.8) is 0 Å². The zero-order chi connectivity index (χ0) is 18.9. The van der Waals surface area contributed by atoms with Crippen LogP contribution in [-0.2, 0) is 0 Å². The second-order valence-corrected chi connectivity index (χ2v) is 14.3. The molecule has 1 saturated heterocycles. The molecule has 1 atom stereocenters. The maximum absolute atomic E-state index is 7.04. The van der Waals surface area contributed by atoms with Crippen molar-refractivity contribution in [1.82, 2.24) is 4.90 Å². The monoisotopic (exact) mass is 372 g/mol. The van der Waals surface area contributed by atoms with Gasteiger partial charge in [0.25, 0.3) is 8.32 Å². The van der Waals surface area contributed by atoms with Gasteiger partial charge in [-0.15, -0.1) is 0 Å². The predicted octanol–water partition coefficient (Wildman–Crippen LogP) is 4.47. The molecule has 1 unspecified atom stereocenters. The number of hydrogen-bond acceptors (Lipinski definition) is 3. The summed E-state index contributed by atoms with van der Waals surface area (Å²) >= 11 is 0. The van der Waals surface area contributed by atoms with E-state index in [0.717, 1.165) is 24.2 Å². The van der Waals surface area contributed by atoms with Crippen LogP contribution in [0, 0.1) is 0 Å². The largest absolute Gasteiger partial charge is 0.542 e. The third-order valence-corrected chi connectivity index (χ3v) is 12.5. The van der Waals surface area contributed by atoms with E-state index in [0.29, 0.717) is 22.7 Å². The van der Waals surface area contributed by atoms with Crippen LogP contribution in [-0.4, -0.2) is 32.3 Å². The van der Waals surface area contributed by atoms with Crippen LogP contribution in [0.1, 0.15) is 60.8 Å². The van der Waals surface area contributed by atoms with Crippen molar-refractivity contribution in [3.8, 4) is 5.75 Å². The lowest BCUT2D eigenvalue weighted by atomic mass is 10.0. The first kappa shape index (κ1) is 19.5. The van der Waals surface area contributed by atoms with Gasteiger partial charge in [-0.1, -0.05) is 47.6 Å². The molecule has 0 radical (unpaired) electrons. The number of rotatable bonds is 5. The van der Waals surface area contributed by atoms with Crippen molar-refractivity contribution >= 4 is 14.5 Å². The Morgan fingerprint density at radius 1 is 1.04 bits per heavy atom. The molecule has 0 bridgehead atoms. The molecule has 0 saturated carbocycles. The molecule has 1 aromatic carbocycles. The first-order valence-electron chi connectivity index (χ1n) is 10.5. The molecular weight excluding hydrogens is 336 g/mol. The Balaban J connectivity index is 2.10. The molecule has 144 valence electrons. The Kier molecular flexibility index (Phi) is 5.81. The number of benzene rings is 1. The molecule has 3 nitrogen and oxygen atoms in total. The van der Waals surface area contributed by atoms with Crippen molar-refractivity contribution in [2.75, 3.05) is 13.1 Å². The highest BCUT2D eigenvalue weighted by molar-refractivity contribution is 6.78. The second kappa shape index (κ2) is 7.75. The minimum atomic E-state index is -1.97. The summed E-state index contributed by atoms with van der Waals surface area (Å²) in [4.78, 5) is 7.48. The highest BCUT2D eigenvalue weighted by atomic mass is 28.4. The van der Waals surface area contributed by atoms with Gasteiger partial charge in [-0.05, 0) is 48.0 Å². The molecule has 2 aliphatic heterocycles. The van der Waals surface area contributed by atoms with Gasteiger partial charge in [-0.25, -0.2) is 0 Å². The topological polar surface area (TPSA) is 24.8 Å². The minimum absolute atomic E-state index is 0.561. The van der Waals surface area contributed by atoms with E-state index < -0.39 is 8.32 Å². The van der Waals surface area contributed by atoms with E-state index in [-0.39, 0.29) is 0 Å². The summed E-state index contributed by atoms with van der Waals surface area (Å²) in [6.07, 6.45) is 6.22. The summed E-state index contributed by atoms with van der Waals surface area (Å²) in [5.74, 6) is 1.06. The van der Waals surface area contributed by atoms with Crippen LogP contribution in [0.15, 0.2) is 23.2 Å². The quantitative estimate of drug-likeness (QED) is 0.713. The van der Waals surface area contributed by atoms with Crippen LogP contribution in [0.4, 0.5) is 0 Å². The SMILES string of the molecule is CC(C)[Si](Oc1cccc2c1=CN1CCCCC1CN=2)(C(C)C)C(C)C. The van der Waals surface area contributed by atoms with Crippen LogP contribution in [0.25, 0.3) is 6.20 Å². The van der Waals surface area contributed by atoms with Crippen LogP contribution in [0.5, 0.6) is 5.75 Å². The number of hydrogen-bond donors (Lipinski definition) is 0. The lowest BCUT2D eigenvalue weighted by Gasteiger charge is -2.42. The van der Waals surface area contributed by atoms with Gasteiger partial charge in [0.2, 0.25) is 0 Å². The van der Waals surface area contributed by atoms with E-state index in [2.05, 4.69) is 70.8 Å². The van der Waals surface area contributed by atoms with Crippen LogP contribution < -0.4 is 15.0 Å². The molecule has 3 rings (SSSR count). The molecule has 2 heterocycles. The molecule has 1 fully saturated rings. The van der Waals surface area contributed by atoms with Gasteiger partial charge in [-0.2, -0.15) is 0 Å². The Morgan fingerprint density at radius 3 is 2.38 bits per heavy atom. The van der Waals surface area contributed by atoms with E-state index in [1.165, 1.54) is 24.5 Å². The van der Waals surface area contributed by atoms with E-state index in [1.54, 1.807) is 0 Å². The van der Waals surface area contributed by atoms with Gasteiger partial charge in [0.05, 0.1) is 17.1 Å². The third-order valence-electron chi connectivity index (χ3n) is 6.48. The summed E-state index contributed by atoms with van der Waals surface area (Å²) in [6, 6.07) is 7.01. The van der Waals surface area contributed by atoms with Gasteiger partial charge in [0.1, 0.15) is 5.75 Å². The van der Waals surface area contributed by atoms with E-state index >= 15 is 0 Å². The fourth-order valence-corrected chi connectivity index (χ4v) is 10.5. The highest BCUT2D eigenvalue weighted by Crippen LogP contribution is 2.42. The zero-order valence-corrected chi connectivity index (χ0v) is 18.5. The Bertz CT molecular complexity index is 719. The molecule has 0 aliphatic carbocycles. The summed E-state index contributed by atoms with van der Waals surface area (Å²) < 4.78 is 7.04. The Morgan fingerprint density at radius 2 is 1.73 bits per heavy atom. The maximum Gasteiger partial charge on any atom is 0.258 e. The van der Waals surface area contributed by atoms with E-state index in [1.807, 2.05) is 0 Å². The van der Waals surface area contributed by atoms with E-state index in [9.17, 15) is 0 Å². The number of fused-ring (bicyclic) bond motifs is 2. The fraction of sp³-hybridized carbons (Fsp3) is 0.682. The second-order valence-electron chi connectivity index (χ2n) is 8.97. The molecule has 1 aromatic rings. The molecule has 0 aromatic heterocycles. The van der Waals surface area contributed by atoms with Gasteiger partial charge in [0, 0.05) is 18.8 Å². The van der Waals surface area contributed by atoms with Crippen LogP contribution in [0.2, 0.25) is 16.6 Å². The van der Waals surface area contributed by atoms with Crippen LogP contribution in [0.3, 0.4) is 0 Å². The minimum Gasteiger partial charge on any atom is -0.542 e. The highest BCUT2D eigenvalue weighted by Gasteiger charge is 2.47. The van der Waals surface area contributed by atoms with Crippen molar-refractivity contribution in [2.45, 2.75) is 83.5 Å². The normalized spacial score (nSPS) is 20.3. The number of nitrogens with zero attached hydrogens (tertiary/aromatic N) is 2. The van der Waals surface area contributed by atoms with Crippen LogP contribution >= 0.6 is 0 Å². The lowest BCUT2D eigenvalue weighted by molar-refractivity contribution is 0.243. The molecule has 0 amide bonds. The van der Waals surface area contributed by atoms with Crippen molar-refractivity contribution in [1.29, 1.82) is 0 Å². The Hall–Kier alpha value is -1.29. The summed E-state index contributed by atoms with van der Waals surface area (Å²) in [5, 5.41) is 2.31. The molecular formula is C22H36N2OSi. The number of piperidine rings is 1. The third kappa shape index (κ3) is 3.45. The fourth-order valence-electron chi connectivity index (χ4n) is 5.19. The molecule has 0 spiro atoms. The van der Waals surface area contributed by atoms with Gasteiger partial charge in [-0.3, -0.25) is 4.99 Å². The average molecular weight is 373 g/mol. The zero-order valence-electron chi connectivity index (χ0n) is 17.5. The Labute approximate surface area is 160 Å². The smallest absolute Gasteiger partial charge is 0.258 e. The summed E-state index contributed by atoms with van der Waals surface area (Å²) in [5.41, 5.74) is 1.72. The predicted molar refractivity (Wildman–Crippen MR) is 113 cm³/mol. The van der Waals surface area contributed by atoms with E-state index in [4.69, 9.17) is 9.42 Å². The maximum atomic E-state index is 7.04. The molecule has 4 heteroatoms. The van der Waals surface area contributed by atoms with Gasteiger partial charge >= 0.3 is 0 Å². The first-order valence-corrected chi connectivity index (χ1v) is 12.6. The summed E-state index contributed by atoms with van der Waals surface area (Å²) in [6.45, 7) is 16.2. The first-order chi connectivity index (χ1) is 12.4. The van der Waals surface area contributed by atoms with Crippen molar-refractivity contribution in [2.24, 2.45) is 4.99 Å². The molecule has 0 N–H and O–H groups in total. The molecule has 2 aliphatic rings.